The number of aromatic nitrogens is 2. The molecule has 0 aliphatic heterocycles. The Morgan fingerprint density at radius 2 is 2.17 bits per heavy atom. The van der Waals surface area contributed by atoms with E-state index >= 15 is 0 Å². The van der Waals surface area contributed by atoms with Gasteiger partial charge in [0.05, 0.1) is 17.8 Å². The Morgan fingerprint density at radius 3 is 2.83 bits per heavy atom. The van der Waals surface area contributed by atoms with E-state index in [0.717, 1.165) is 18.5 Å². The van der Waals surface area contributed by atoms with E-state index in [4.69, 9.17) is 0 Å². The van der Waals surface area contributed by atoms with E-state index in [1.54, 1.807) is 0 Å². The van der Waals surface area contributed by atoms with Gasteiger partial charge in [-0.1, -0.05) is 33.1 Å². The van der Waals surface area contributed by atoms with Gasteiger partial charge in [0.2, 0.25) is 0 Å². The second-order valence-corrected chi connectivity index (χ2v) is 5.76. The summed E-state index contributed by atoms with van der Waals surface area (Å²) in [6.45, 7) is 4.29. The molecule has 2 unspecified atom stereocenters. The van der Waals surface area contributed by atoms with Gasteiger partial charge >= 0.3 is 0 Å². The lowest BCUT2D eigenvalue weighted by molar-refractivity contribution is 0.110. The van der Waals surface area contributed by atoms with Crippen molar-refractivity contribution in [2.45, 2.75) is 70.9 Å². The van der Waals surface area contributed by atoms with Crippen LogP contribution in [0.5, 0.6) is 0 Å². The lowest BCUT2D eigenvalue weighted by Gasteiger charge is -2.17. The Hall–Kier alpha value is -0.830. The quantitative estimate of drug-likeness (QED) is 0.841. The summed E-state index contributed by atoms with van der Waals surface area (Å²) in [5.41, 5.74) is 1.04. The van der Waals surface area contributed by atoms with Gasteiger partial charge in [-0.25, -0.2) is 0 Å². The molecule has 1 aliphatic rings. The van der Waals surface area contributed by atoms with Crippen molar-refractivity contribution >= 4 is 0 Å². The molecule has 0 spiro atoms. The van der Waals surface area contributed by atoms with E-state index < -0.39 is 0 Å². The van der Waals surface area contributed by atoms with Crippen LogP contribution >= 0.6 is 0 Å². The number of aliphatic hydroxyl groups excluding tert-OH is 1. The molecule has 3 nitrogen and oxygen atoms in total. The average Bonchev–Trinajstić information content (AvgIpc) is 2.98. The van der Waals surface area contributed by atoms with E-state index in [9.17, 15) is 5.11 Å². The third-order valence-corrected chi connectivity index (χ3v) is 4.18. The highest BCUT2D eigenvalue weighted by molar-refractivity contribution is 5.02. The minimum Gasteiger partial charge on any atom is -0.392 e. The predicted molar refractivity (Wildman–Crippen MR) is 73.5 cm³/mol. The van der Waals surface area contributed by atoms with Gasteiger partial charge in [-0.3, -0.25) is 4.68 Å². The molecule has 0 aromatic carbocycles. The van der Waals surface area contributed by atoms with Crippen molar-refractivity contribution in [3.05, 3.63) is 18.0 Å². The molecule has 0 saturated heterocycles. The Kier molecular flexibility index (Phi) is 4.81. The molecule has 0 radical (unpaired) electrons. The third kappa shape index (κ3) is 3.35. The van der Waals surface area contributed by atoms with Crippen LogP contribution in [0.1, 0.15) is 64.1 Å². The van der Waals surface area contributed by atoms with Crippen molar-refractivity contribution in [2.24, 2.45) is 5.92 Å². The summed E-state index contributed by atoms with van der Waals surface area (Å²) in [6, 6.07) is 2.67. The maximum atomic E-state index is 10.1. The Morgan fingerprint density at radius 1 is 1.44 bits per heavy atom. The number of aliphatic hydroxyl groups is 1. The molecule has 1 aromatic rings. The molecule has 1 aliphatic carbocycles. The fourth-order valence-corrected chi connectivity index (χ4v) is 2.92. The molecular formula is C15H26N2O. The Balaban J connectivity index is 1.89. The van der Waals surface area contributed by atoms with Gasteiger partial charge in [-0.15, -0.1) is 0 Å². The van der Waals surface area contributed by atoms with Gasteiger partial charge in [0, 0.05) is 12.6 Å². The fraction of sp³-hybridized carbons (Fsp3) is 0.800. The van der Waals surface area contributed by atoms with Crippen LogP contribution in [-0.2, 0) is 6.42 Å². The molecule has 2 rings (SSSR count). The molecule has 1 saturated carbocycles. The lowest BCUT2D eigenvalue weighted by atomic mass is 9.96. The number of hydrogen-bond donors (Lipinski definition) is 1. The maximum Gasteiger partial charge on any atom is 0.0650 e. The van der Waals surface area contributed by atoms with Crippen LogP contribution in [0.3, 0.4) is 0 Å². The zero-order chi connectivity index (χ0) is 13.0. The first-order valence-corrected chi connectivity index (χ1v) is 7.42. The summed E-state index contributed by atoms with van der Waals surface area (Å²) >= 11 is 0. The normalized spacial score (nSPS) is 20.2. The van der Waals surface area contributed by atoms with Crippen molar-refractivity contribution in [3.8, 4) is 0 Å². The minimum absolute atomic E-state index is 0.253. The minimum atomic E-state index is -0.253. The van der Waals surface area contributed by atoms with Crippen LogP contribution in [0.4, 0.5) is 0 Å². The van der Waals surface area contributed by atoms with Gasteiger partial charge in [0.1, 0.15) is 0 Å². The van der Waals surface area contributed by atoms with Gasteiger partial charge in [-0.05, 0) is 31.2 Å². The molecule has 0 amide bonds. The summed E-state index contributed by atoms with van der Waals surface area (Å²) in [5, 5.41) is 14.8. The molecule has 3 heteroatoms. The zero-order valence-corrected chi connectivity index (χ0v) is 11.7. The molecule has 0 bridgehead atoms. The van der Waals surface area contributed by atoms with Crippen LogP contribution in [0.2, 0.25) is 0 Å². The highest BCUT2D eigenvalue weighted by Gasteiger charge is 2.19. The first kappa shape index (κ1) is 13.6. The molecule has 102 valence electrons. The predicted octanol–water partition coefficient (Wildman–Crippen LogP) is 3.34. The SMILES string of the molecule is CCCC(C)C(O)Cc1ccn(C2CCCC2)n1. The van der Waals surface area contributed by atoms with E-state index in [2.05, 4.69) is 35.9 Å². The van der Waals surface area contributed by atoms with E-state index in [1.807, 2.05) is 0 Å². The van der Waals surface area contributed by atoms with Crippen molar-refractivity contribution in [1.29, 1.82) is 0 Å². The van der Waals surface area contributed by atoms with Gasteiger partial charge in [0.25, 0.3) is 0 Å². The first-order valence-electron chi connectivity index (χ1n) is 7.42. The monoisotopic (exact) mass is 250 g/mol. The van der Waals surface area contributed by atoms with Gasteiger partial charge < -0.3 is 5.11 Å². The largest absolute Gasteiger partial charge is 0.392 e. The number of nitrogens with zero attached hydrogens (tertiary/aromatic N) is 2. The Labute approximate surface area is 110 Å². The van der Waals surface area contributed by atoms with Crippen molar-refractivity contribution in [2.75, 3.05) is 0 Å². The smallest absolute Gasteiger partial charge is 0.0650 e. The van der Waals surface area contributed by atoms with Crippen LogP contribution in [0, 0.1) is 5.92 Å². The summed E-state index contributed by atoms with van der Waals surface area (Å²) in [7, 11) is 0. The van der Waals surface area contributed by atoms with E-state index in [-0.39, 0.29) is 6.10 Å². The Bertz CT molecular complexity index is 355. The summed E-state index contributed by atoms with van der Waals surface area (Å²) < 4.78 is 2.11. The molecule has 18 heavy (non-hydrogen) atoms. The lowest BCUT2D eigenvalue weighted by Crippen LogP contribution is -2.20. The number of rotatable bonds is 6. The van der Waals surface area contributed by atoms with Crippen molar-refractivity contribution < 1.29 is 5.11 Å². The second kappa shape index (κ2) is 6.37. The van der Waals surface area contributed by atoms with Crippen molar-refractivity contribution in [3.63, 3.8) is 0 Å². The third-order valence-electron chi connectivity index (χ3n) is 4.18. The highest BCUT2D eigenvalue weighted by Crippen LogP contribution is 2.28. The molecular weight excluding hydrogens is 224 g/mol. The van der Waals surface area contributed by atoms with Gasteiger partial charge in [-0.2, -0.15) is 5.10 Å². The fourth-order valence-electron chi connectivity index (χ4n) is 2.92. The van der Waals surface area contributed by atoms with E-state index in [1.165, 1.54) is 25.7 Å². The summed E-state index contributed by atoms with van der Waals surface area (Å²) in [4.78, 5) is 0. The molecule has 1 aromatic heterocycles. The topological polar surface area (TPSA) is 38.0 Å². The molecule has 1 fully saturated rings. The van der Waals surface area contributed by atoms with Crippen LogP contribution in [0.15, 0.2) is 12.3 Å². The number of hydrogen-bond acceptors (Lipinski definition) is 2. The maximum absolute atomic E-state index is 10.1. The second-order valence-electron chi connectivity index (χ2n) is 5.76. The van der Waals surface area contributed by atoms with Gasteiger partial charge in [0.15, 0.2) is 0 Å². The molecule has 1 N–H and O–H groups in total. The first-order chi connectivity index (χ1) is 8.70. The summed E-state index contributed by atoms with van der Waals surface area (Å²) in [6.07, 6.45) is 9.93. The van der Waals surface area contributed by atoms with Crippen LogP contribution in [0.25, 0.3) is 0 Å². The van der Waals surface area contributed by atoms with Crippen LogP contribution in [-0.4, -0.2) is 21.0 Å². The molecule has 2 atom stereocenters. The standard InChI is InChI=1S/C15H26N2O/c1-3-6-12(2)15(18)11-13-9-10-17(16-13)14-7-4-5-8-14/h9-10,12,14-15,18H,3-8,11H2,1-2H3. The average molecular weight is 250 g/mol. The van der Waals surface area contributed by atoms with Crippen LogP contribution < -0.4 is 0 Å². The highest BCUT2D eigenvalue weighted by atomic mass is 16.3. The summed E-state index contributed by atoms with van der Waals surface area (Å²) in [5.74, 6) is 0.367. The van der Waals surface area contributed by atoms with Crippen molar-refractivity contribution in [1.82, 2.24) is 9.78 Å². The van der Waals surface area contributed by atoms with E-state index in [0.29, 0.717) is 18.4 Å². The zero-order valence-electron chi connectivity index (χ0n) is 11.7. The molecule has 1 heterocycles.